The fourth-order valence-corrected chi connectivity index (χ4v) is 2.06. The van der Waals surface area contributed by atoms with Gasteiger partial charge in [0.1, 0.15) is 0 Å². The van der Waals surface area contributed by atoms with Crippen molar-refractivity contribution in [2.45, 2.75) is 20.3 Å². The number of hydrogen-bond donors (Lipinski definition) is 1. The predicted molar refractivity (Wildman–Crippen MR) is 70.9 cm³/mol. The smallest absolute Gasteiger partial charge is 0.328 e. The quantitative estimate of drug-likeness (QED) is 0.850. The van der Waals surface area contributed by atoms with Gasteiger partial charge in [-0.3, -0.25) is 4.79 Å². The summed E-state index contributed by atoms with van der Waals surface area (Å²) in [4.78, 5) is 25.3. The molecular weight excluding hydrogens is 252 g/mol. The van der Waals surface area contributed by atoms with Gasteiger partial charge in [-0.2, -0.15) is 0 Å². The molecule has 0 aliphatic carbocycles. The Morgan fingerprint density at radius 1 is 1.39 bits per heavy atom. The molecule has 1 saturated heterocycles. The van der Waals surface area contributed by atoms with Gasteiger partial charge in [0.25, 0.3) is 0 Å². The lowest BCUT2D eigenvalue weighted by Crippen LogP contribution is -2.42. The van der Waals surface area contributed by atoms with E-state index in [0.717, 1.165) is 5.56 Å². The molecule has 1 heterocycles. The summed E-state index contributed by atoms with van der Waals surface area (Å²) in [6.45, 7) is 4.21. The Balaban J connectivity index is 2.41. The predicted octanol–water partition coefficient (Wildman–Crippen LogP) is 2.73. The van der Waals surface area contributed by atoms with Crippen LogP contribution >= 0.6 is 11.6 Å². The van der Waals surface area contributed by atoms with Crippen molar-refractivity contribution in [3.8, 4) is 0 Å². The minimum absolute atomic E-state index is 0.177. The van der Waals surface area contributed by atoms with Crippen molar-refractivity contribution in [1.82, 2.24) is 5.32 Å². The average molecular weight is 267 g/mol. The summed E-state index contributed by atoms with van der Waals surface area (Å²) in [6.07, 6.45) is 0.653. The van der Waals surface area contributed by atoms with Crippen molar-refractivity contribution in [3.63, 3.8) is 0 Å². The molecule has 4 nitrogen and oxygen atoms in total. The molecule has 0 saturated carbocycles. The molecule has 1 fully saturated rings. The van der Waals surface area contributed by atoms with E-state index in [1.807, 2.05) is 13.8 Å². The van der Waals surface area contributed by atoms with Gasteiger partial charge in [0.05, 0.1) is 5.69 Å². The Hall–Kier alpha value is -1.55. The molecule has 1 N–H and O–H groups in total. The third-order valence-electron chi connectivity index (χ3n) is 3.11. The first-order chi connectivity index (χ1) is 8.50. The number of benzene rings is 1. The van der Waals surface area contributed by atoms with Crippen LogP contribution in [0.5, 0.6) is 0 Å². The molecule has 1 aliphatic heterocycles. The first kappa shape index (κ1) is 12.9. The van der Waals surface area contributed by atoms with Gasteiger partial charge >= 0.3 is 6.03 Å². The Kier molecular flexibility index (Phi) is 3.57. The van der Waals surface area contributed by atoms with Crippen LogP contribution in [0.2, 0.25) is 5.02 Å². The summed E-state index contributed by atoms with van der Waals surface area (Å²) in [5.74, 6) is -0.367. The molecule has 3 amide bonds. The topological polar surface area (TPSA) is 49.4 Å². The number of urea groups is 1. The lowest BCUT2D eigenvalue weighted by atomic mass is 10.1. The van der Waals surface area contributed by atoms with Crippen molar-refractivity contribution < 1.29 is 9.59 Å². The molecule has 1 aliphatic rings. The maximum atomic E-state index is 12.2. The van der Waals surface area contributed by atoms with Crippen molar-refractivity contribution >= 4 is 29.2 Å². The number of hydrogen-bond acceptors (Lipinski definition) is 2. The summed E-state index contributed by atoms with van der Waals surface area (Å²) in [7, 11) is 0. The van der Waals surface area contributed by atoms with Crippen molar-refractivity contribution in [3.05, 3.63) is 28.8 Å². The van der Waals surface area contributed by atoms with E-state index in [-0.39, 0.29) is 17.9 Å². The van der Waals surface area contributed by atoms with E-state index < -0.39 is 0 Å². The zero-order valence-corrected chi connectivity index (χ0v) is 11.1. The van der Waals surface area contributed by atoms with E-state index in [9.17, 15) is 9.59 Å². The van der Waals surface area contributed by atoms with Crippen LogP contribution in [0.4, 0.5) is 10.5 Å². The van der Waals surface area contributed by atoms with Crippen LogP contribution in [-0.4, -0.2) is 18.5 Å². The van der Waals surface area contributed by atoms with Crippen LogP contribution < -0.4 is 10.2 Å². The maximum Gasteiger partial charge on any atom is 0.328 e. The lowest BCUT2D eigenvalue weighted by Gasteiger charge is -2.21. The van der Waals surface area contributed by atoms with E-state index in [0.29, 0.717) is 23.7 Å². The Labute approximate surface area is 111 Å². The van der Waals surface area contributed by atoms with Crippen molar-refractivity contribution in [1.29, 1.82) is 0 Å². The number of amides is 3. The SMILES string of the molecule is Cc1ccc(N2C(=O)NCCC(C)C2=O)cc1Cl. The first-order valence-corrected chi connectivity index (χ1v) is 6.26. The van der Waals surface area contributed by atoms with E-state index in [2.05, 4.69) is 5.32 Å². The van der Waals surface area contributed by atoms with Gasteiger partial charge in [-0.1, -0.05) is 24.6 Å². The van der Waals surface area contributed by atoms with Crippen LogP contribution in [0.3, 0.4) is 0 Å². The van der Waals surface area contributed by atoms with Crippen molar-refractivity contribution in [2.24, 2.45) is 5.92 Å². The summed E-state index contributed by atoms with van der Waals surface area (Å²) in [5.41, 5.74) is 1.43. The molecule has 0 aromatic heterocycles. The second-order valence-corrected chi connectivity index (χ2v) is 4.94. The number of nitrogens with one attached hydrogen (secondary N) is 1. The maximum absolute atomic E-state index is 12.2. The monoisotopic (exact) mass is 266 g/mol. The highest BCUT2D eigenvalue weighted by molar-refractivity contribution is 6.32. The fraction of sp³-hybridized carbons (Fsp3) is 0.385. The van der Waals surface area contributed by atoms with Gasteiger partial charge in [-0.15, -0.1) is 0 Å². The second kappa shape index (κ2) is 4.98. The second-order valence-electron chi connectivity index (χ2n) is 4.53. The molecule has 1 aromatic carbocycles. The Bertz CT molecular complexity index is 502. The Morgan fingerprint density at radius 2 is 2.11 bits per heavy atom. The molecule has 1 aromatic rings. The van der Waals surface area contributed by atoms with E-state index in [1.54, 1.807) is 18.2 Å². The molecule has 2 rings (SSSR count). The average Bonchev–Trinajstić information content (AvgIpc) is 2.44. The molecule has 0 spiro atoms. The summed E-state index contributed by atoms with van der Waals surface area (Å²) >= 11 is 6.04. The fourth-order valence-electron chi connectivity index (χ4n) is 1.88. The largest absolute Gasteiger partial charge is 0.337 e. The molecule has 0 radical (unpaired) electrons. The molecule has 18 heavy (non-hydrogen) atoms. The highest BCUT2D eigenvalue weighted by atomic mass is 35.5. The standard InChI is InChI=1S/C13H15ClN2O2/c1-8-3-4-10(7-11(8)14)16-12(17)9(2)5-6-15-13(16)18/h3-4,7,9H,5-6H2,1-2H3,(H,15,18). The van der Waals surface area contributed by atoms with Gasteiger partial charge in [0.15, 0.2) is 0 Å². The van der Waals surface area contributed by atoms with Gasteiger partial charge in [0.2, 0.25) is 5.91 Å². The number of carbonyl (C=O) groups is 2. The lowest BCUT2D eigenvalue weighted by molar-refractivity contribution is -0.121. The highest BCUT2D eigenvalue weighted by Crippen LogP contribution is 2.25. The third kappa shape index (κ3) is 2.34. The van der Waals surface area contributed by atoms with Crippen LogP contribution in [0.1, 0.15) is 18.9 Å². The normalized spacial score (nSPS) is 20.6. The van der Waals surface area contributed by atoms with Crippen LogP contribution in [0, 0.1) is 12.8 Å². The molecule has 0 bridgehead atoms. The van der Waals surface area contributed by atoms with E-state index >= 15 is 0 Å². The van der Waals surface area contributed by atoms with Gasteiger partial charge in [0, 0.05) is 17.5 Å². The third-order valence-corrected chi connectivity index (χ3v) is 3.52. The number of halogens is 1. The molecule has 96 valence electrons. The zero-order chi connectivity index (χ0) is 13.3. The number of carbonyl (C=O) groups excluding carboxylic acids is 2. The molecule has 1 atom stereocenters. The Morgan fingerprint density at radius 3 is 2.78 bits per heavy atom. The van der Waals surface area contributed by atoms with E-state index in [4.69, 9.17) is 11.6 Å². The minimum Gasteiger partial charge on any atom is -0.337 e. The number of imide groups is 1. The number of anilines is 1. The summed E-state index contributed by atoms with van der Waals surface area (Å²) in [6, 6.07) is 4.79. The van der Waals surface area contributed by atoms with Gasteiger partial charge in [-0.25, -0.2) is 9.69 Å². The van der Waals surface area contributed by atoms with E-state index in [1.165, 1.54) is 4.90 Å². The summed E-state index contributed by atoms with van der Waals surface area (Å²) in [5, 5.41) is 3.26. The molecule has 1 unspecified atom stereocenters. The summed E-state index contributed by atoms with van der Waals surface area (Å²) < 4.78 is 0. The molecule has 5 heteroatoms. The highest BCUT2D eigenvalue weighted by Gasteiger charge is 2.30. The first-order valence-electron chi connectivity index (χ1n) is 5.88. The van der Waals surface area contributed by atoms with Gasteiger partial charge in [-0.05, 0) is 31.0 Å². The van der Waals surface area contributed by atoms with Crippen LogP contribution in [0.15, 0.2) is 18.2 Å². The van der Waals surface area contributed by atoms with Crippen molar-refractivity contribution in [2.75, 3.05) is 11.4 Å². The van der Waals surface area contributed by atoms with Gasteiger partial charge < -0.3 is 5.32 Å². The molecular formula is C13H15ClN2O2. The minimum atomic E-state index is -0.385. The zero-order valence-electron chi connectivity index (χ0n) is 10.4. The number of rotatable bonds is 1. The van der Waals surface area contributed by atoms with Crippen LogP contribution in [0.25, 0.3) is 0 Å². The number of nitrogens with zero attached hydrogens (tertiary/aromatic N) is 1. The van der Waals surface area contributed by atoms with Crippen LogP contribution in [-0.2, 0) is 4.79 Å². The number of aryl methyl sites for hydroxylation is 1.